The first kappa shape index (κ1) is 22.4. The number of nitrogens with zero attached hydrogens (tertiary/aromatic N) is 1. The van der Waals surface area contributed by atoms with Gasteiger partial charge in [-0.2, -0.15) is 11.8 Å². The number of hydrogen-bond donors (Lipinski definition) is 2. The van der Waals surface area contributed by atoms with Crippen molar-refractivity contribution in [3.05, 3.63) is 29.8 Å². The van der Waals surface area contributed by atoms with E-state index >= 15 is 0 Å². The van der Waals surface area contributed by atoms with E-state index < -0.39 is 0 Å². The van der Waals surface area contributed by atoms with Crippen LogP contribution in [0.2, 0.25) is 0 Å². The molecule has 2 fully saturated rings. The number of halogens is 2. The molecule has 0 radical (unpaired) electrons. The number of nitrogens with two attached hydrogens (primary N) is 1. The Morgan fingerprint density at radius 1 is 1.12 bits per heavy atom. The highest BCUT2D eigenvalue weighted by molar-refractivity contribution is 7.99. The minimum atomic E-state index is 0. The van der Waals surface area contributed by atoms with Crippen molar-refractivity contribution in [1.29, 1.82) is 0 Å². The van der Waals surface area contributed by atoms with Gasteiger partial charge in [-0.05, 0) is 30.5 Å². The lowest BCUT2D eigenvalue weighted by atomic mass is 9.94. The van der Waals surface area contributed by atoms with Gasteiger partial charge in [0.15, 0.2) is 0 Å². The first-order valence-corrected chi connectivity index (χ1v) is 9.77. The normalized spacial score (nSPS) is 19.5. The van der Waals surface area contributed by atoms with Gasteiger partial charge in [0, 0.05) is 42.4 Å². The summed E-state index contributed by atoms with van der Waals surface area (Å²) in [5, 5.41) is 3.21. The molecule has 0 aromatic heterocycles. The monoisotopic (exact) mass is 405 g/mol. The Hall–Kier alpha value is -0.620. The number of rotatable bonds is 5. The molecule has 0 bridgehead atoms. The van der Waals surface area contributed by atoms with E-state index in [0.717, 1.165) is 17.8 Å². The van der Waals surface area contributed by atoms with Crippen LogP contribution in [0.15, 0.2) is 24.3 Å². The molecule has 1 amide bonds. The van der Waals surface area contributed by atoms with E-state index in [1.165, 1.54) is 50.3 Å². The second-order valence-electron chi connectivity index (χ2n) is 6.73. The van der Waals surface area contributed by atoms with Crippen molar-refractivity contribution in [3.8, 4) is 0 Å². The van der Waals surface area contributed by atoms with Crippen LogP contribution in [0.3, 0.4) is 0 Å². The van der Waals surface area contributed by atoms with E-state index in [-0.39, 0.29) is 36.3 Å². The summed E-state index contributed by atoms with van der Waals surface area (Å²) in [5.74, 6) is 2.56. The number of carbonyl (C=O) groups is 1. The Morgan fingerprint density at radius 2 is 1.72 bits per heavy atom. The Morgan fingerprint density at radius 3 is 2.32 bits per heavy atom. The minimum absolute atomic E-state index is 0. The first-order chi connectivity index (χ1) is 11.2. The molecule has 142 valence electrons. The van der Waals surface area contributed by atoms with Crippen LogP contribution < -0.4 is 11.1 Å². The Kier molecular flexibility index (Phi) is 9.43. The van der Waals surface area contributed by atoms with Gasteiger partial charge < -0.3 is 11.1 Å². The average Bonchev–Trinajstić information content (AvgIpc) is 3.06. The summed E-state index contributed by atoms with van der Waals surface area (Å²) < 4.78 is 0. The summed E-state index contributed by atoms with van der Waals surface area (Å²) in [7, 11) is 0. The maximum atomic E-state index is 12.3. The quantitative estimate of drug-likeness (QED) is 0.738. The lowest BCUT2D eigenvalue weighted by molar-refractivity contribution is -0.121. The molecule has 2 aliphatic rings. The summed E-state index contributed by atoms with van der Waals surface area (Å²) in [6.07, 6.45) is 5.46. The maximum absolute atomic E-state index is 12.3. The second-order valence-corrected chi connectivity index (χ2v) is 7.95. The fraction of sp³-hybridized carbons (Fsp3) is 0.611. The Bertz CT molecular complexity index is 530. The highest BCUT2D eigenvalue weighted by Gasteiger charge is 2.40. The molecule has 1 saturated carbocycles. The van der Waals surface area contributed by atoms with Crippen molar-refractivity contribution in [2.75, 3.05) is 36.9 Å². The molecule has 7 heteroatoms. The van der Waals surface area contributed by atoms with Gasteiger partial charge in [0.1, 0.15) is 0 Å². The van der Waals surface area contributed by atoms with E-state index in [2.05, 4.69) is 10.2 Å². The van der Waals surface area contributed by atoms with Crippen molar-refractivity contribution in [2.45, 2.75) is 37.6 Å². The number of nitrogens with one attached hydrogen (secondary N) is 1. The van der Waals surface area contributed by atoms with E-state index in [9.17, 15) is 4.79 Å². The van der Waals surface area contributed by atoms with Crippen LogP contribution in [-0.2, 0) is 11.2 Å². The Labute approximate surface area is 167 Å². The van der Waals surface area contributed by atoms with Crippen LogP contribution in [0, 0.1) is 0 Å². The fourth-order valence-corrected chi connectivity index (χ4v) is 4.73. The lowest BCUT2D eigenvalue weighted by Crippen LogP contribution is -2.56. The van der Waals surface area contributed by atoms with Crippen LogP contribution in [0.5, 0.6) is 0 Å². The maximum Gasteiger partial charge on any atom is 0.224 e. The molecular formula is C18H29Cl2N3OS. The van der Waals surface area contributed by atoms with Crippen LogP contribution >= 0.6 is 36.6 Å². The molecule has 4 nitrogen and oxygen atoms in total. The van der Waals surface area contributed by atoms with Crippen LogP contribution in [0.1, 0.15) is 31.2 Å². The molecule has 3 N–H and O–H groups in total. The lowest BCUT2D eigenvalue weighted by Gasteiger charge is -2.43. The largest absolute Gasteiger partial charge is 0.399 e. The van der Waals surface area contributed by atoms with Crippen molar-refractivity contribution >= 4 is 48.2 Å². The van der Waals surface area contributed by atoms with Gasteiger partial charge in [0.05, 0.1) is 6.42 Å². The summed E-state index contributed by atoms with van der Waals surface area (Å²) >= 11 is 2.04. The van der Waals surface area contributed by atoms with Crippen molar-refractivity contribution in [2.24, 2.45) is 0 Å². The standard InChI is InChI=1S/C18H27N3OS.2ClH/c19-16-5-3-15(4-6-16)13-17(22)20-14-18(7-1-2-8-18)21-9-11-23-12-10-21;;/h3-6H,1-2,7-14,19H2,(H,20,22);2*1H. The minimum Gasteiger partial charge on any atom is -0.399 e. The summed E-state index contributed by atoms with van der Waals surface area (Å²) in [6.45, 7) is 3.13. The zero-order valence-corrected chi connectivity index (χ0v) is 17.0. The molecule has 1 saturated heterocycles. The van der Waals surface area contributed by atoms with Crippen LogP contribution in [-0.4, -0.2) is 47.5 Å². The van der Waals surface area contributed by atoms with E-state index in [4.69, 9.17) is 5.73 Å². The average molecular weight is 406 g/mol. The van der Waals surface area contributed by atoms with Gasteiger partial charge in [0.2, 0.25) is 5.91 Å². The van der Waals surface area contributed by atoms with Gasteiger partial charge in [-0.1, -0.05) is 25.0 Å². The van der Waals surface area contributed by atoms with Crippen molar-refractivity contribution < 1.29 is 4.79 Å². The SMILES string of the molecule is Cl.Cl.Nc1ccc(CC(=O)NCC2(N3CCSCC3)CCCC2)cc1. The third-order valence-electron chi connectivity index (χ3n) is 5.18. The molecule has 0 spiro atoms. The van der Waals surface area contributed by atoms with Crippen molar-refractivity contribution in [3.63, 3.8) is 0 Å². The smallest absolute Gasteiger partial charge is 0.224 e. The topological polar surface area (TPSA) is 58.4 Å². The van der Waals surface area contributed by atoms with Gasteiger partial charge in [-0.25, -0.2) is 0 Å². The zero-order valence-electron chi connectivity index (χ0n) is 14.5. The van der Waals surface area contributed by atoms with Gasteiger partial charge in [-0.15, -0.1) is 24.8 Å². The van der Waals surface area contributed by atoms with E-state index in [1.54, 1.807) is 0 Å². The predicted molar refractivity (Wildman–Crippen MR) is 112 cm³/mol. The molecule has 1 aromatic rings. The highest BCUT2D eigenvalue weighted by atomic mass is 35.5. The molecule has 1 heterocycles. The number of thioether (sulfide) groups is 1. The summed E-state index contributed by atoms with van der Waals surface area (Å²) in [5.41, 5.74) is 7.66. The molecule has 1 aromatic carbocycles. The van der Waals surface area contributed by atoms with Crippen molar-refractivity contribution in [1.82, 2.24) is 10.2 Å². The van der Waals surface area contributed by atoms with Gasteiger partial charge in [-0.3, -0.25) is 9.69 Å². The number of benzene rings is 1. The third kappa shape index (κ3) is 5.95. The zero-order chi connectivity index (χ0) is 16.1. The summed E-state index contributed by atoms with van der Waals surface area (Å²) in [4.78, 5) is 15.0. The number of anilines is 1. The van der Waals surface area contributed by atoms with Crippen LogP contribution in [0.25, 0.3) is 0 Å². The van der Waals surface area contributed by atoms with E-state index in [0.29, 0.717) is 6.42 Å². The molecule has 0 unspecified atom stereocenters. The number of amides is 1. The number of carbonyl (C=O) groups excluding carboxylic acids is 1. The number of nitrogen functional groups attached to an aromatic ring is 1. The molecular weight excluding hydrogens is 377 g/mol. The van der Waals surface area contributed by atoms with Crippen LogP contribution in [0.4, 0.5) is 5.69 Å². The molecule has 1 aliphatic heterocycles. The molecule has 0 atom stereocenters. The van der Waals surface area contributed by atoms with E-state index in [1.807, 2.05) is 36.0 Å². The summed E-state index contributed by atoms with van der Waals surface area (Å²) in [6, 6.07) is 7.57. The Balaban J connectivity index is 0.00000156. The third-order valence-corrected chi connectivity index (χ3v) is 6.12. The predicted octanol–water partition coefficient (Wildman–Crippen LogP) is 3.13. The molecule has 1 aliphatic carbocycles. The second kappa shape index (κ2) is 10.5. The fourth-order valence-electron chi connectivity index (χ4n) is 3.82. The number of hydrogen-bond acceptors (Lipinski definition) is 4. The molecule has 25 heavy (non-hydrogen) atoms. The highest BCUT2D eigenvalue weighted by Crippen LogP contribution is 2.36. The molecule has 3 rings (SSSR count). The van der Waals surface area contributed by atoms with Gasteiger partial charge in [0.25, 0.3) is 0 Å². The van der Waals surface area contributed by atoms with Gasteiger partial charge >= 0.3 is 0 Å². The first-order valence-electron chi connectivity index (χ1n) is 8.62.